The van der Waals surface area contributed by atoms with E-state index >= 15 is 0 Å². The quantitative estimate of drug-likeness (QED) is 0.622. The molecule has 0 aliphatic carbocycles. The molecule has 0 aromatic heterocycles. The van der Waals surface area contributed by atoms with Crippen molar-refractivity contribution in [3.8, 4) is 0 Å². The van der Waals surface area contributed by atoms with Crippen LogP contribution in [-0.2, 0) is 11.2 Å². The molecule has 7 heteroatoms. The molecule has 1 saturated heterocycles. The average molecular weight is 293 g/mol. The molecule has 1 heterocycles. The highest BCUT2D eigenvalue weighted by Crippen LogP contribution is 2.19. The number of nitro groups is 1. The first kappa shape index (κ1) is 15.4. The average Bonchev–Trinajstić information content (AvgIpc) is 2.48. The number of carbonyl (C=O) groups is 1. The zero-order valence-electron chi connectivity index (χ0n) is 11.8. The molecule has 0 unspecified atom stereocenters. The number of rotatable bonds is 5. The van der Waals surface area contributed by atoms with E-state index in [1.165, 1.54) is 6.07 Å². The molecule has 21 heavy (non-hydrogen) atoms. The van der Waals surface area contributed by atoms with Crippen molar-refractivity contribution in [3.05, 3.63) is 39.9 Å². The first-order valence-electron chi connectivity index (χ1n) is 6.95. The molecule has 1 aliphatic rings. The summed E-state index contributed by atoms with van der Waals surface area (Å²) in [4.78, 5) is 26.5. The molecule has 114 valence electrons. The molecule has 1 fully saturated rings. The fourth-order valence-corrected chi connectivity index (χ4v) is 2.48. The summed E-state index contributed by atoms with van der Waals surface area (Å²) in [7, 11) is 0. The largest absolute Gasteiger partial charge is 0.395 e. The van der Waals surface area contributed by atoms with Gasteiger partial charge in [0, 0.05) is 44.4 Å². The number of hydrogen-bond acceptors (Lipinski definition) is 5. The number of benzene rings is 1. The van der Waals surface area contributed by atoms with Gasteiger partial charge in [0.2, 0.25) is 5.91 Å². The smallest absolute Gasteiger partial charge is 0.273 e. The van der Waals surface area contributed by atoms with Gasteiger partial charge in [0.15, 0.2) is 0 Å². The first-order chi connectivity index (χ1) is 10.1. The highest BCUT2D eigenvalue weighted by atomic mass is 16.6. The van der Waals surface area contributed by atoms with Crippen molar-refractivity contribution in [2.24, 2.45) is 0 Å². The Morgan fingerprint density at radius 1 is 1.24 bits per heavy atom. The summed E-state index contributed by atoms with van der Waals surface area (Å²) in [6, 6.07) is 6.34. The van der Waals surface area contributed by atoms with Gasteiger partial charge in [-0.25, -0.2) is 0 Å². The minimum Gasteiger partial charge on any atom is -0.395 e. The maximum Gasteiger partial charge on any atom is 0.273 e. The van der Waals surface area contributed by atoms with Crippen LogP contribution in [0.1, 0.15) is 5.56 Å². The van der Waals surface area contributed by atoms with Crippen molar-refractivity contribution in [3.63, 3.8) is 0 Å². The van der Waals surface area contributed by atoms with E-state index in [2.05, 4.69) is 4.90 Å². The van der Waals surface area contributed by atoms with E-state index < -0.39 is 4.92 Å². The molecule has 0 atom stereocenters. The molecule has 1 N–H and O–H groups in total. The molecular formula is C14H19N3O4. The van der Waals surface area contributed by atoms with Crippen molar-refractivity contribution in [2.45, 2.75) is 6.42 Å². The van der Waals surface area contributed by atoms with Crippen molar-refractivity contribution in [1.29, 1.82) is 0 Å². The Kier molecular flexibility index (Phi) is 5.24. The van der Waals surface area contributed by atoms with Crippen molar-refractivity contribution < 1.29 is 14.8 Å². The minimum atomic E-state index is -0.457. The molecule has 0 saturated carbocycles. The summed E-state index contributed by atoms with van der Waals surface area (Å²) in [5.74, 6) is -0.0899. The van der Waals surface area contributed by atoms with Gasteiger partial charge in [-0.1, -0.05) is 18.2 Å². The normalized spacial score (nSPS) is 16.0. The summed E-state index contributed by atoms with van der Waals surface area (Å²) in [5.41, 5.74) is 0.440. The van der Waals surface area contributed by atoms with Gasteiger partial charge in [-0.05, 0) is 0 Å². The SMILES string of the molecule is O=C(Cc1ccccc1[N+](=O)[O-])N1CCN(CCO)CC1. The van der Waals surface area contributed by atoms with Crippen LogP contribution >= 0.6 is 0 Å². The van der Waals surface area contributed by atoms with Gasteiger partial charge in [0.25, 0.3) is 5.69 Å². The standard InChI is InChI=1S/C14H19N3O4/c18-10-9-15-5-7-16(8-6-15)14(19)11-12-3-1-2-4-13(12)17(20)21/h1-4,18H,5-11H2. The Labute approximate surface area is 122 Å². The molecule has 7 nitrogen and oxygen atoms in total. The van der Waals surface area contributed by atoms with Gasteiger partial charge in [0.1, 0.15) is 0 Å². The van der Waals surface area contributed by atoms with Gasteiger partial charge < -0.3 is 10.0 Å². The van der Waals surface area contributed by atoms with E-state index in [1.54, 1.807) is 23.1 Å². The predicted molar refractivity (Wildman–Crippen MR) is 76.9 cm³/mol. The van der Waals surface area contributed by atoms with Gasteiger partial charge in [-0.3, -0.25) is 19.8 Å². The third-order valence-electron chi connectivity index (χ3n) is 3.67. The van der Waals surface area contributed by atoms with E-state index in [-0.39, 0.29) is 24.6 Å². The fourth-order valence-electron chi connectivity index (χ4n) is 2.48. The van der Waals surface area contributed by atoms with E-state index in [0.29, 0.717) is 25.2 Å². The Balaban J connectivity index is 1.95. The number of amides is 1. The lowest BCUT2D eigenvalue weighted by atomic mass is 10.1. The van der Waals surface area contributed by atoms with Crippen LogP contribution in [0.15, 0.2) is 24.3 Å². The maximum absolute atomic E-state index is 12.2. The highest BCUT2D eigenvalue weighted by molar-refractivity contribution is 5.80. The van der Waals surface area contributed by atoms with Crippen LogP contribution < -0.4 is 0 Å². The van der Waals surface area contributed by atoms with Crippen LogP contribution in [0, 0.1) is 10.1 Å². The number of aliphatic hydroxyl groups excluding tert-OH is 1. The molecule has 1 aliphatic heterocycles. The van der Waals surface area contributed by atoms with Crippen LogP contribution in [-0.4, -0.2) is 65.1 Å². The van der Waals surface area contributed by atoms with Crippen LogP contribution in [0.4, 0.5) is 5.69 Å². The molecule has 1 aromatic rings. The number of hydrogen-bond donors (Lipinski definition) is 1. The second-order valence-corrected chi connectivity index (χ2v) is 5.01. The molecule has 1 amide bonds. The molecule has 0 radical (unpaired) electrons. The highest BCUT2D eigenvalue weighted by Gasteiger charge is 2.23. The Hall–Kier alpha value is -1.99. The number of nitro benzene ring substituents is 1. The fraction of sp³-hybridized carbons (Fsp3) is 0.500. The topological polar surface area (TPSA) is 86.9 Å². The summed E-state index contributed by atoms with van der Waals surface area (Å²) < 4.78 is 0. The lowest BCUT2D eigenvalue weighted by molar-refractivity contribution is -0.385. The third-order valence-corrected chi connectivity index (χ3v) is 3.67. The Morgan fingerprint density at radius 2 is 1.90 bits per heavy atom. The lowest BCUT2D eigenvalue weighted by Crippen LogP contribution is -2.49. The zero-order chi connectivity index (χ0) is 15.2. The summed E-state index contributed by atoms with van der Waals surface area (Å²) in [6.07, 6.45) is 0.0527. The molecule has 2 rings (SSSR count). The maximum atomic E-state index is 12.2. The number of β-amino-alcohol motifs (C(OH)–C–C–N with tert-alkyl or cyclic N) is 1. The summed E-state index contributed by atoms with van der Waals surface area (Å²) in [6.45, 7) is 3.38. The Morgan fingerprint density at radius 3 is 2.52 bits per heavy atom. The van der Waals surface area contributed by atoms with Crippen molar-refractivity contribution in [2.75, 3.05) is 39.3 Å². The van der Waals surface area contributed by atoms with Gasteiger partial charge in [-0.15, -0.1) is 0 Å². The van der Waals surface area contributed by atoms with Gasteiger partial charge in [0.05, 0.1) is 18.0 Å². The van der Waals surface area contributed by atoms with Gasteiger partial charge in [-0.2, -0.15) is 0 Å². The van der Waals surface area contributed by atoms with E-state index in [9.17, 15) is 14.9 Å². The Bertz CT molecular complexity index is 513. The van der Waals surface area contributed by atoms with Crippen LogP contribution in [0.5, 0.6) is 0 Å². The molecule has 1 aromatic carbocycles. The molecular weight excluding hydrogens is 274 g/mol. The van der Waals surface area contributed by atoms with Crippen LogP contribution in [0.3, 0.4) is 0 Å². The third kappa shape index (κ3) is 3.99. The molecule has 0 spiro atoms. The number of aliphatic hydroxyl groups is 1. The number of nitrogens with zero attached hydrogens (tertiary/aromatic N) is 3. The van der Waals surface area contributed by atoms with Crippen molar-refractivity contribution >= 4 is 11.6 Å². The first-order valence-corrected chi connectivity index (χ1v) is 6.95. The summed E-state index contributed by atoms with van der Waals surface area (Å²) >= 11 is 0. The minimum absolute atomic E-state index is 0.00948. The molecule has 0 bridgehead atoms. The number of piperazine rings is 1. The van der Waals surface area contributed by atoms with Crippen molar-refractivity contribution in [1.82, 2.24) is 9.80 Å². The summed E-state index contributed by atoms with van der Waals surface area (Å²) in [5, 5.41) is 19.8. The predicted octanol–water partition coefficient (Wildman–Crippen LogP) is 0.274. The van der Waals surface area contributed by atoms with E-state index in [4.69, 9.17) is 5.11 Å². The zero-order valence-corrected chi connectivity index (χ0v) is 11.8. The lowest BCUT2D eigenvalue weighted by Gasteiger charge is -2.34. The van der Waals surface area contributed by atoms with Crippen LogP contribution in [0.25, 0.3) is 0 Å². The van der Waals surface area contributed by atoms with E-state index in [0.717, 1.165) is 13.1 Å². The second kappa shape index (κ2) is 7.14. The van der Waals surface area contributed by atoms with Crippen LogP contribution in [0.2, 0.25) is 0 Å². The van der Waals surface area contributed by atoms with E-state index in [1.807, 2.05) is 0 Å². The monoisotopic (exact) mass is 293 g/mol. The second-order valence-electron chi connectivity index (χ2n) is 5.01. The van der Waals surface area contributed by atoms with Gasteiger partial charge >= 0.3 is 0 Å². The number of para-hydroxylation sites is 1. The number of carbonyl (C=O) groups excluding carboxylic acids is 1.